The summed E-state index contributed by atoms with van der Waals surface area (Å²) in [7, 11) is 0. The number of hydrogen-bond donors (Lipinski definition) is 1. The van der Waals surface area contributed by atoms with Gasteiger partial charge in [-0.05, 0) is 30.4 Å². The van der Waals surface area contributed by atoms with Gasteiger partial charge < -0.3 is 19.9 Å². The van der Waals surface area contributed by atoms with Crippen molar-refractivity contribution in [3.8, 4) is 0 Å². The average molecular weight is 348 g/mol. The maximum absolute atomic E-state index is 11.6. The fourth-order valence-electron chi connectivity index (χ4n) is 2.74. The van der Waals surface area contributed by atoms with Gasteiger partial charge >= 0.3 is 6.16 Å². The van der Waals surface area contributed by atoms with Gasteiger partial charge in [-0.1, -0.05) is 20.8 Å². The molecule has 25 heavy (non-hydrogen) atoms. The Kier molecular flexibility index (Phi) is 4.80. The predicted molar refractivity (Wildman–Crippen MR) is 91.0 cm³/mol. The first-order valence-electron chi connectivity index (χ1n) is 8.36. The molecule has 2 atom stereocenters. The third-order valence-electron chi connectivity index (χ3n) is 3.96. The molecule has 2 aromatic heterocycles. The zero-order valence-electron chi connectivity index (χ0n) is 14.8. The highest BCUT2D eigenvalue weighted by Gasteiger charge is 2.30. The topological polar surface area (TPSA) is 101 Å². The number of carbonyl (C=O) groups is 1. The fourth-order valence-corrected chi connectivity index (χ4v) is 2.74. The molecule has 8 heteroatoms. The van der Waals surface area contributed by atoms with Crippen LogP contribution in [0.15, 0.2) is 18.5 Å². The number of nitrogens with zero attached hydrogens (tertiary/aromatic N) is 3. The molecule has 1 saturated heterocycles. The molecule has 2 unspecified atom stereocenters. The van der Waals surface area contributed by atoms with Crippen LogP contribution >= 0.6 is 0 Å². The minimum absolute atomic E-state index is 0.0895. The number of ether oxygens (including phenoxy) is 3. The minimum atomic E-state index is -0.657. The molecule has 0 amide bonds. The summed E-state index contributed by atoms with van der Waals surface area (Å²) in [6, 6.07) is 3.81. The number of hydrogen-bond acceptors (Lipinski definition) is 7. The van der Waals surface area contributed by atoms with Gasteiger partial charge in [0.15, 0.2) is 5.82 Å². The maximum atomic E-state index is 11.6. The van der Waals surface area contributed by atoms with E-state index in [1.54, 1.807) is 4.52 Å². The van der Waals surface area contributed by atoms with Gasteiger partial charge in [-0.25, -0.2) is 14.3 Å². The molecule has 3 heterocycles. The van der Waals surface area contributed by atoms with Crippen LogP contribution in [0.4, 0.5) is 10.6 Å². The Balaban J connectivity index is 1.53. The summed E-state index contributed by atoms with van der Waals surface area (Å²) >= 11 is 0. The van der Waals surface area contributed by atoms with Gasteiger partial charge in [0.2, 0.25) is 0 Å². The van der Waals surface area contributed by atoms with Crippen LogP contribution in [0.3, 0.4) is 0 Å². The van der Waals surface area contributed by atoms with E-state index in [0.29, 0.717) is 12.4 Å². The highest BCUT2D eigenvalue weighted by molar-refractivity contribution is 5.65. The largest absolute Gasteiger partial charge is 0.508 e. The first-order chi connectivity index (χ1) is 11.8. The Hall–Kier alpha value is -2.35. The molecule has 1 fully saturated rings. The molecule has 2 aromatic rings. The van der Waals surface area contributed by atoms with Crippen molar-refractivity contribution in [2.24, 2.45) is 5.41 Å². The van der Waals surface area contributed by atoms with Crippen molar-refractivity contribution in [1.29, 1.82) is 0 Å². The lowest BCUT2D eigenvalue weighted by atomic mass is 9.99. The molecule has 0 bridgehead atoms. The van der Waals surface area contributed by atoms with Gasteiger partial charge in [-0.15, -0.1) is 0 Å². The van der Waals surface area contributed by atoms with E-state index >= 15 is 0 Å². The number of fused-ring (bicyclic) bond motifs is 1. The zero-order valence-corrected chi connectivity index (χ0v) is 14.8. The maximum Gasteiger partial charge on any atom is 0.508 e. The Morgan fingerprint density at radius 1 is 1.36 bits per heavy atom. The van der Waals surface area contributed by atoms with Crippen molar-refractivity contribution in [3.05, 3.63) is 24.2 Å². The Labute approximate surface area is 146 Å². The normalized spacial score (nSPS) is 20.8. The molecule has 0 saturated carbocycles. The molecule has 0 radical (unpaired) electrons. The quantitative estimate of drug-likeness (QED) is 0.848. The molecule has 8 nitrogen and oxygen atoms in total. The van der Waals surface area contributed by atoms with Crippen molar-refractivity contribution in [3.63, 3.8) is 0 Å². The summed E-state index contributed by atoms with van der Waals surface area (Å²) in [5.41, 5.74) is 7.44. The smallest absolute Gasteiger partial charge is 0.434 e. The van der Waals surface area contributed by atoms with E-state index in [0.717, 1.165) is 24.1 Å². The molecule has 1 aliphatic heterocycles. The van der Waals surface area contributed by atoms with Crippen LogP contribution in [0.1, 0.15) is 45.4 Å². The summed E-state index contributed by atoms with van der Waals surface area (Å²) < 4.78 is 18.0. The number of nitrogens with two attached hydrogens (primary N) is 1. The van der Waals surface area contributed by atoms with Gasteiger partial charge in [0, 0.05) is 0 Å². The SMILES string of the molecule is CC(C)(C)COC(=O)OCC1CCC(c2ccc3c(N)ncnn23)O1. The molecule has 0 aliphatic carbocycles. The lowest BCUT2D eigenvalue weighted by Gasteiger charge is -2.18. The van der Waals surface area contributed by atoms with E-state index in [2.05, 4.69) is 10.1 Å². The number of rotatable bonds is 4. The van der Waals surface area contributed by atoms with E-state index in [-0.39, 0.29) is 24.2 Å². The lowest BCUT2D eigenvalue weighted by molar-refractivity contribution is -0.0230. The molecular weight excluding hydrogens is 324 g/mol. The lowest BCUT2D eigenvalue weighted by Crippen LogP contribution is -2.22. The Morgan fingerprint density at radius 3 is 2.92 bits per heavy atom. The van der Waals surface area contributed by atoms with E-state index in [1.165, 1.54) is 6.33 Å². The summed E-state index contributed by atoms with van der Waals surface area (Å²) in [5, 5.41) is 4.23. The Morgan fingerprint density at radius 2 is 2.16 bits per heavy atom. The molecule has 0 aromatic carbocycles. The standard InChI is InChI=1S/C17H24N4O4/c1-17(2,3)9-24-16(22)23-8-11-4-7-14(25-11)12-5-6-13-15(18)19-10-20-21(12)13/h5-6,10-11,14H,4,7-9H2,1-3H3,(H2,18,19,20). The van der Waals surface area contributed by atoms with Crippen LogP contribution in [0.2, 0.25) is 0 Å². The van der Waals surface area contributed by atoms with E-state index in [1.807, 2.05) is 32.9 Å². The monoisotopic (exact) mass is 348 g/mol. The van der Waals surface area contributed by atoms with Gasteiger partial charge in [0.1, 0.15) is 24.6 Å². The second-order valence-corrected chi connectivity index (χ2v) is 7.43. The predicted octanol–water partition coefficient (Wildman–Crippen LogP) is 2.73. The van der Waals surface area contributed by atoms with E-state index < -0.39 is 6.16 Å². The van der Waals surface area contributed by atoms with Crippen molar-refractivity contribution in [1.82, 2.24) is 14.6 Å². The molecule has 3 rings (SSSR count). The highest BCUT2D eigenvalue weighted by Crippen LogP contribution is 2.33. The number of nitrogen functional groups attached to an aromatic ring is 1. The van der Waals surface area contributed by atoms with Crippen molar-refractivity contribution >= 4 is 17.5 Å². The van der Waals surface area contributed by atoms with Crippen molar-refractivity contribution in [2.45, 2.75) is 45.8 Å². The molecular formula is C17H24N4O4. The van der Waals surface area contributed by atoms with Crippen LogP contribution in [-0.2, 0) is 14.2 Å². The second-order valence-electron chi connectivity index (χ2n) is 7.43. The van der Waals surface area contributed by atoms with Crippen LogP contribution < -0.4 is 5.73 Å². The van der Waals surface area contributed by atoms with Crippen LogP contribution in [0.5, 0.6) is 0 Å². The van der Waals surface area contributed by atoms with Crippen LogP contribution in [-0.4, -0.2) is 40.1 Å². The summed E-state index contributed by atoms with van der Waals surface area (Å²) in [4.78, 5) is 15.6. The van der Waals surface area contributed by atoms with E-state index in [4.69, 9.17) is 19.9 Å². The summed E-state index contributed by atoms with van der Waals surface area (Å²) in [6.07, 6.45) is 2.11. The van der Waals surface area contributed by atoms with Gasteiger partial charge in [0.05, 0.1) is 18.4 Å². The van der Waals surface area contributed by atoms with Crippen LogP contribution in [0, 0.1) is 5.41 Å². The number of anilines is 1. The first kappa shape index (κ1) is 17.5. The highest BCUT2D eigenvalue weighted by atomic mass is 16.7. The average Bonchev–Trinajstić information content (AvgIpc) is 3.17. The number of carbonyl (C=O) groups excluding carboxylic acids is 1. The molecule has 136 valence electrons. The second kappa shape index (κ2) is 6.87. The third kappa shape index (κ3) is 4.19. The van der Waals surface area contributed by atoms with Gasteiger partial charge in [0.25, 0.3) is 0 Å². The molecule has 2 N–H and O–H groups in total. The van der Waals surface area contributed by atoms with Gasteiger partial charge in [-0.2, -0.15) is 5.10 Å². The Bertz CT molecular complexity index is 753. The molecule has 0 spiro atoms. The third-order valence-corrected chi connectivity index (χ3v) is 3.96. The molecule has 1 aliphatic rings. The summed E-state index contributed by atoms with van der Waals surface area (Å²) in [6.45, 7) is 6.46. The van der Waals surface area contributed by atoms with Crippen molar-refractivity contribution < 1.29 is 19.0 Å². The van der Waals surface area contributed by atoms with Crippen LogP contribution in [0.25, 0.3) is 5.52 Å². The first-order valence-corrected chi connectivity index (χ1v) is 8.36. The van der Waals surface area contributed by atoms with Gasteiger partial charge in [-0.3, -0.25) is 0 Å². The minimum Gasteiger partial charge on any atom is -0.434 e. The van der Waals surface area contributed by atoms with Crippen molar-refractivity contribution in [2.75, 3.05) is 18.9 Å². The van der Waals surface area contributed by atoms with E-state index in [9.17, 15) is 4.79 Å². The zero-order chi connectivity index (χ0) is 18.0. The number of aromatic nitrogens is 3. The summed E-state index contributed by atoms with van der Waals surface area (Å²) in [5.74, 6) is 0.431. The fraction of sp³-hybridized carbons (Fsp3) is 0.588.